The smallest absolute Gasteiger partial charge is 0.339 e. The Morgan fingerprint density at radius 2 is 1.78 bits per heavy atom. The maximum absolute atomic E-state index is 11.6. The first kappa shape index (κ1) is 13.3. The Bertz CT molecular complexity index is 966. The zero-order valence-corrected chi connectivity index (χ0v) is 12.0. The van der Waals surface area contributed by atoms with Crippen molar-refractivity contribution in [1.29, 1.82) is 0 Å². The van der Waals surface area contributed by atoms with Crippen LogP contribution in [-0.2, 0) is 0 Å². The Morgan fingerprint density at radius 1 is 1.04 bits per heavy atom. The zero-order valence-electron chi connectivity index (χ0n) is 12.0. The van der Waals surface area contributed by atoms with E-state index in [-0.39, 0.29) is 5.56 Å². The van der Waals surface area contributed by atoms with Gasteiger partial charge in [-0.05, 0) is 24.3 Å². The standard InChI is InChI=1S/C18H12N2O3/c21-18(22)14-11-20(13-7-2-1-3-8-13)19-17(14)16-10-12-6-4-5-9-15(12)23-16/h1-11H,(H,21,22). The fourth-order valence-corrected chi connectivity index (χ4v) is 2.52. The first-order valence-corrected chi connectivity index (χ1v) is 7.10. The fraction of sp³-hybridized carbons (Fsp3) is 0. The summed E-state index contributed by atoms with van der Waals surface area (Å²) in [5, 5.41) is 14.8. The molecule has 0 radical (unpaired) electrons. The van der Waals surface area contributed by atoms with Crippen LogP contribution in [0.15, 0.2) is 71.3 Å². The number of carboxylic acids is 1. The Balaban J connectivity index is 1.90. The van der Waals surface area contributed by atoms with Gasteiger partial charge < -0.3 is 9.52 Å². The molecule has 4 rings (SSSR count). The molecule has 0 aliphatic heterocycles. The van der Waals surface area contributed by atoms with Crippen LogP contribution in [0.4, 0.5) is 0 Å². The lowest BCUT2D eigenvalue weighted by atomic mass is 10.2. The highest BCUT2D eigenvalue weighted by Gasteiger charge is 2.20. The largest absolute Gasteiger partial charge is 0.478 e. The van der Waals surface area contributed by atoms with Gasteiger partial charge in [0.15, 0.2) is 5.76 Å². The molecule has 0 aliphatic carbocycles. The van der Waals surface area contributed by atoms with E-state index in [1.54, 1.807) is 10.7 Å². The third-order valence-electron chi connectivity index (χ3n) is 3.62. The number of furan rings is 1. The summed E-state index contributed by atoms with van der Waals surface area (Å²) in [5.74, 6) is -0.596. The molecule has 0 amide bonds. The summed E-state index contributed by atoms with van der Waals surface area (Å²) in [6, 6.07) is 18.7. The fourth-order valence-electron chi connectivity index (χ4n) is 2.52. The summed E-state index contributed by atoms with van der Waals surface area (Å²) in [4.78, 5) is 11.6. The molecule has 2 aromatic carbocycles. The predicted molar refractivity (Wildman–Crippen MR) is 85.7 cm³/mol. The van der Waals surface area contributed by atoms with Gasteiger partial charge in [-0.2, -0.15) is 5.10 Å². The Labute approximate surface area is 131 Å². The number of aromatic carboxylic acids is 1. The number of carboxylic acid groups (broad SMARTS) is 1. The predicted octanol–water partition coefficient (Wildman–Crippen LogP) is 3.98. The van der Waals surface area contributed by atoms with E-state index in [2.05, 4.69) is 5.10 Å². The van der Waals surface area contributed by atoms with E-state index >= 15 is 0 Å². The van der Waals surface area contributed by atoms with E-state index in [0.29, 0.717) is 17.0 Å². The third kappa shape index (κ3) is 2.28. The lowest BCUT2D eigenvalue weighted by Gasteiger charge is -1.98. The summed E-state index contributed by atoms with van der Waals surface area (Å²) in [5.41, 5.74) is 1.91. The Kier molecular flexibility index (Phi) is 2.98. The number of benzene rings is 2. The molecule has 2 aromatic heterocycles. The van der Waals surface area contributed by atoms with Gasteiger partial charge in [-0.3, -0.25) is 0 Å². The number of aromatic nitrogens is 2. The molecule has 0 saturated heterocycles. The molecule has 1 N–H and O–H groups in total. The van der Waals surface area contributed by atoms with E-state index in [1.807, 2.05) is 54.6 Å². The van der Waals surface area contributed by atoms with E-state index in [1.165, 1.54) is 6.20 Å². The van der Waals surface area contributed by atoms with Gasteiger partial charge in [0.2, 0.25) is 0 Å². The van der Waals surface area contributed by atoms with Gasteiger partial charge in [0.25, 0.3) is 0 Å². The van der Waals surface area contributed by atoms with Crippen LogP contribution in [0.2, 0.25) is 0 Å². The van der Waals surface area contributed by atoms with Crippen molar-refractivity contribution in [1.82, 2.24) is 9.78 Å². The van der Waals surface area contributed by atoms with Crippen LogP contribution in [0.1, 0.15) is 10.4 Å². The summed E-state index contributed by atoms with van der Waals surface area (Å²) in [6.45, 7) is 0. The van der Waals surface area contributed by atoms with Crippen LogP contribution in [0.5, 0.6) is 0 Å². The SMILES string of the molecule is O=C(O)c1cn(-c2ccccc2)nc1-c1cc2ccccc2o1. The van der Waals surface area contributed by atoms with Crippen molar-refractivity contribution < 1.29 is 14.3 Å². The number of hydrogen-bond acceptors (Lipinski definition) is 3. The van der Waals surface area contributed by atoms with Crippen LogP contribution < -0.4 is 0 Å². The summed E-state index contributed by atoms with van der Waals surface area (Å²) in [7, 11) is 0. The highest BCUT2D eigenvalue weighted by molar-refractivity contribution is 5.95. The maximum Gasteiger partial charge on any atom is 0.339 e. The molecule has 23 heavy (non-hydrogen) atoms. The highest BCUT2D eigenvalue weighted by atomic mass is 16.4. The van der Waals surface area contributed by atoms with E-state index in [4.69, 9.17) is 4.42 Å². The van der Waals surface area contributed by atoms with E-state index in [0.717, 1.165) is 11.1 Å². The Morgan fingerprint density at radius 3 is 2.52 bits per heavy atom. The minimum absolute atomic E-state index is 0.105. The second-order valence-electron chi connectivity index (χ2n) is 5.13. The molecule has 0 saturated carbocycles. The molecule has 0 spiro atoms. The second kappa shape index (κ2) is 5.14. The lowest BCUT2D eigenvalue weighted by molar-refractivity contribution is 0.0697. The van der Waals surface area contributed by atoms with Gasteiger partial charge in [0, 0.05) is 11.6 Å². The molecule has 4 aromatic rings. The number of hydrogen-bond donors (Lipinski definition) is 1. The van der Waals surface area contributed by atoms with Crippen molar-refractivity contribution in [2.75, 3.05) is 0 Å². The van der Waals surface area contributed by atoms with Gasteiger partial charge in [0.1, 0.15) is 16.8 Å². The summed E-state index contributed by atoms with van der Waals surface area (Å²) in [6.07, 6.45) is 1.50. The number of para-hydroxylation sites is 2. The quantitative estimate of drug-likeness (QED) is 0.621. The molecule has 0 aliphatic rings. The molecular formula is C18H12N2O3. The number of nitrogens with zero attached hydrogens (tertiary/aromatic N) is 2. The number of carbonyl (C=O) groups is 1. The van der Waals surface area contributed by atoms with Gasteiger partial charge in [-0.25, -0.2) is 9.48 Å². The number of rotatable bonds is 3. The molecular weight excluding hydrogens is 292 g/mol. The maximum atomic E-state index is 11.6. The average Bonchev–Trinajstić information content (AvgIpc) is 3.19. The van der Waals surface area contributed by atoms with E-state index < -0.39 is 5.97 Å². The molecule has 112 valence electrons. The van der Waals surface area contributed by atoms with Crippen molar-refractivity contribution in [3.05, 3.63) is 72.4 Å². The topological polar surface area (TPSA) is 68.3 Å². The van der Waals surface area contributed by atoms with Gasteiger partial charge in [-0.1, -0.05) is 36.4 Å². The minimum Gasteiger partial charge on any atom is -0.478 e. The van der Waals surface area contributed by atoms with Crippen molar-refractivity contribution >= 4 is 16.9 Å². The van der Waals surface area contributed by atoms with Crippen LogP contribution in [0, 0.1) is 0 Å². The zero-order chi connectivity index (χ0) is 15.8. The third-order valence-corrected chi connectivity index (χ3v) is 3.62. The van der Waals surface area contributed by atoms with Crippen molar-refractivity contribution in [2.45, 2.75) is 0 Å². The van der Waals surface area contributed by atoms with E-state index in [9.17, 15) is 9.90 Å². The molecule has 0 fully saturated rings. The molecule has 0 unspecified atom stereocenters. The molecule has 2 heterocycles. The summed E-state index contributed by atoms with van der Waals surface area (Å²) < 4.78 is 7.30. The van der Waals surface area contributed by atoms with Crippen LogP contribution >= 0.6 is 0 Å². The van der Waals surface area contributed by atoms with Crippen LogP contribution in [-0.4, -0.2) is 20.9 Å². The second-order valence-corrected chi connectivity index (χ2v) is 5.13. The highest BCUT2D eigenvalue weighted by Crippen LogP contribution is 2.29. The summed E-state index contributed by atoms with van der Waals surface area (Å²) >= 11 is 0. The van der Waals surface area contributed by atoms with Crippen molar-refractivity contribution in [3.63, 3.8) is 0 Å². The minimum atomic E-state index is -1.04. The normalized spacial score (nSPS) is 11.0. The molecule has 5 heteroatoms. The van der Waals surface area contributed by atoms with Crippen molar-refractivity contribution in [2.24, 2.45) is 0 Å². The molecule has 0 bridgehead atoms. The van der Waals surface area contributed by atoms with Gasteiger partial charge in [-0.15, -0.1) is 0 Å². The first-order valence-electron chi connectivity index (χ1n) is 7.10. The van der Waals surface area contributed by atoms with Gasteiger partial charge in [0.05, 0.1) is 5.69 Å². The molecule has 5 nitrogen and oxygen atoms in total. The lowest BCUT2D eigenvalue weighted by Crippen LogP contribution is -1.96. The average molecular weight is 304 g/mol. The van der Waals surface area contributed by atoms with Gasteiger partial charge >= 0.3 is 5.97 Å². The molecule has 0 atom stereocenters. The van der Waals surface area contributed by atoms with Crippen molar-refractivity contribution in [3.8, 4) is 17.1 Å². The van der Waals surface area contributed by atoms with Crippen LogP contribution in [0.3, 0.4) is 0 Å². The monoisotopic (exact) mass is 304 g/mol. The van der Waals surface area contributed by atoms with Crippen LogP contribution in [0.25, 0.3) is 28.1 Å². The first-order chi connectivity index (χ1) is 11.2. The number of fused-ring (bicyclic) bond motifs is 1. The Hall–Kier alpha value is -3.34.